The Bertz CT molecular complexity index is 439. The van der Waals surface area contributed by atoms with Gasteiger partial charge in [-0.1, -0.05) is 23.7 Å². The Balaban J connectivity index is 1.47. The number of piperidine rings is 1. The summed E-state index contributed by atoms with van der Waals surface area (Å²) in [5.74, 6) is 1.59. The zero-order valence-electron chi connectivity index (χ0n) is 12.3. The number of hydrogen-bond donors (Lipinski definition) is 3. The van der Waals surface area contributed by atoms with E-state index in [1.807, 2.05) is 24.3 Å². The molecule has 2 heterocycles. The van der Waals surface area contributed by atoms with Crippen LogP contribution in [0.5, 0.6) is 0 Å². The molecule has 3 N–H and O–H groups in total. The van der Waals surface area contributed by atoms with Gasteiger partial charge in [0.25, 0.3) is 0 Å². The molecule has 1 atom stereocenters. The molecule has 116 valence electrons. The molecule has 0 amide bonds. The average molecular weight is 310 g/mol. The highest BCUT2D eigenvalue weighted by Crippen LogP contribution is 2.27. The van der Waals surface area contributed by atoms with E-state index in [-0.39, 0.29) is 0 Å². The minimum atomic E-state index is -0.423. The van der Waals surface area contributed by atoms with E-state index in [9.17, 15) is 5.11 Å². The SMILES string of the molecule is OC(CN1CCC(C2CNNC2)CC1)c1ccc(Cl)cc1. The number of β-amino-alcohol motifs (C(OH)–C–C–N with tert-alkyl or cyclic N) is 1. The molecule has 3 rings (SSSR count). The summed E-state index contributed by atoms with van der Waals surface area (Å²) in [7, 11) is 0. The van der Waals surface area contributed by atoms with Gasteiger partial charge < -0.3 is 10.0 Å². The van der Waals surface area contributed by atoms with Crippen molar-refractivity contribution in [3.8, 4) is 0 Å². The van der Waals surface area contributed by atoms with Crippen molar-refractivity contribution in [1.82, 2.24) is 15.8 Å². The molecule has 0 bridgehead atoms. The van der Waals surface area contributed by atoms with Crippen LogP contribution < -0.4 is 10.9 Å². The number of hydrogen-bond acceptors (Lipinski definition) is 4. The van der Waals surface area contributed by atoms with Crippen LogP contribution in [0.2, 0.25) is 5.02 Å². The molecule has 4 nitrogen and oxygen atoms in total. The van der Waals surface area contributed by atoms with Crippen LogP contribution in [0.15, 0.2) is 24.3 Å². The summed E-state index contributed by atoms with van der Waals surface area (Å²) in [6.07, 6.45) is 2.05. The van der Waals surface area contributed by atoms with E-state index in [1.54, 1.807) is 0 Å². The smallest absolute Gasteiger partial charge is 0.0916 e. The zero-order chi connectivity index (χ0) is 14.7. The molecule has 1 aromatic carbocycles. The third-order valence-corrected chi connectivity index (χ3v) is 5.09. The Hall–Kier alpha value is -0.650. The van der Waals surface area contributed by atoms with Crippen molar-refractivity contribution < 1.29 is 5.11 Å². The van der Waals surface area contributed by atoms with Crippen molar-refractivity contribution in [2.75, 3.05) is 32.7 Å². The molecular weight excluding hydrogens is 286 g/mol. The van der Waals surface area contributed by atoms with Gasteiger partial charge in [-0.3, -0.25) is 10.9 Å². The topological polar surface area (TPSA) is 47.5 Å². The fraction of sp³-hybridized carbons (Fsp3) is 0.625. The second-order valence-corrected chi connectivity index (χ2v) is 6.66. The van der Waals surface area contributed by atoms with E-state index in [2.05, 4.69) is 15.8 Å². The number of nitrogens with zero attached hydrogens (tertiary/aromatic N) is 1. The molecule has 21 heavy (non-hydrogen) atoms. The third kappa shape index (κ3) is 3.96. The molecule has 2 aliphatic rings. The summed E-state index contributed by atoms with van der Waals surface area (Å²) in [4.78, 5) is 2.38. The van der Waals surface area contributed by atoms with Gasteiger partial charge in [-0.05, 0) is 55.5 Å². The minimum Gasteiger partial charge on any atom is -0.387 e. The fourth-order valence-electron chi connectivity index (χ4n) is 3.45. The van der Waals surface area contributed by atoms with Crippen molar-refractivity contribution in [3.05, 3.63) is 34.9 Å². The summed E-state index contributed by atoms with van der Waals surface area (Å²) in [6.45, 7) is 5.09. The van der Waals surface area contributed by atoms with Crippen molar-refractivity contribution in [2.24, 2.45) is 11.8 Å². The molecule has 0 spiro atoms. The lowest BCUT2D eigenvalue weighted by Crippen LogP contribution is -2.39. The Kier molecular flexibility index (Phi) is 5.14. The van der Waals surface area contributed by atoms with Gasteiger partial charge in [0.1, 0.15) is 0 Å². The van der Waals surface area contributed by atoms with Gasteiger partial charge in [-0.2, -0.15) is 0 Å². The number of hydrazine groups is 1. The predicted molar refractivity (Wildman–Crippen MR) is 85.1 cm³/mol. The Morgan fingerprint density at radius 2 is 1.71 bits per heavy atom. The van der Waals surface area contributed by atoms with Crippen molar-refractivity contribution in [3.63, 3.8) is 0 Å². The van der Waals surface area contributed by atoms with E-state index in [0.29, 0.717) is 5.02 Å². The monoisotopic (exact) mass is 309 g/mol. The first-order chi connectivity index (χ1) is 10.2. The van der Waals surface area contributed by atoms with Crippen LogP contribution in [0.1, 0.15) is 24.5 Å². The number of benzene rings is 1. The van der Waals surface area contributed by atoms with Crippen LogP contribution >= 0.6 is 11.6 Å². The summed E-state index contributed by atoms with van der Waals surface area (Å²) >= 11 is 5.88. The van der Waals surface area contributed by atoms with Gasteiger partial charge in [-0.25, -0.2) is 0 Å². The molecule has 0 saturated carbocycles. The Morgan fingerprint density at radius 3 is 2.33 bits per heavy atom. The van der Waals surface area contributed by atoms with E-state index in [4.69, 9.17) is 11.6 Å². The Morgan fingerprint density at radius 1 is 1.10 bits per heavy atom. The Labute approximate surface area is 131 Å². The van der Waals surface area contributed by atoms with Crippen LogP contribution in [0.25, 0.3) is 0 Å². The van der Waals surface area contributed by atoms with Gasteiger partial charge >= 0.3 is 0 Å². The second-order valence-electron chi connectivity index (χ2n) is 6.23. The average Bonchev–Trinajstić information content (AvgIpc) is 3.03. The molecule has 0 aliphatic carbocycles. The van der Waals surface area contributed by atoms with E-state index < -0.39 is 6.10 Å². The molecule has 2 aliphatic heterocycles. The number of nitrogens with one attached hydrogen (secondary N) is 2. The van der Waals surface area contributed by atoms with Gasteiger partial charge in [0.2, 0.25) is 0 Å². The number of likely N-dealkylation sites (tertiary alicyclic amines) is 1. The van der Waals surface area contributed by atoms with Gasteiger partial charge in [0.05, 0.1) is 6.10 Å². The van der Waals surface area contributed by atoms with Gasteiger partial charge in [0, 0.05) is 24.7 Å². The second kappa shape index (κ2) is 7.07. The molecule has 0 aromatic heterocycles. The minimum absolute atomic E-state index is 0.423. The fourth-order valence-corrected chi connectivity index (χ4v) is 3.58. The van der Waals surface area contributed by atoms with Crippen molar-refractivity contribution >= 4 is 11.6 Å². The molecule has 0 radical (unpaired) electrons. The first kappa shape index (κ1) is 15.3. The maximum absolute atomic E-state index is 10.3. The summed E-state index contributed by atoms with van der Waals surface area (Å²) in [5, 5.41) is 11.0. The van der Waals surface area contributed by atoms with Gasteiger partial charge in [-0.15, -0.1) is 0 Å². The largest absolute Gasteiger partial charge is 0.387 e. The lowest BCUT2D eigenvalue weighted by atomic mass is 9.84. The molecule has 1 aromatic rings. The van der Waals surface area contributed by atoms with E-state index in [1.165, 1.54) is 12.8 Å². The zero-order valence-corrected chi connectivity index (χ0v) is 13.0. The lowest BCUT2D eigenvalue weighted by molar-refractivity contribution is 0.0812. The quantitative estimate of drug-likeness (QED) is 0.794. The first-order valence-electron chi connectivity index (χ1n) is 7.84. The van der Waals surface area contributed by atoms with Crippen LogP contribution in [0.3, 0.4) is 0 Å². The van der Waals surface area contributed by atoms with E-state index >= 15 is 0 Å². The maximum atomic E-state index is 10.3. The van der Waals surface area contributed by atoms with Crippen molar-refractivity contribution in [1.29, 1.82) is 0 Å². The highest BCUT2D eigenvalue weighted by atomic mass is 35.5. The van der Waals surface area contributed by atoms with Crippen LogP contribution in [0.4, 0.5) is 0 Å². The van der Waals surface area contributed by atoms with E-state index in [0.717, 1.165) is 50.1 Å². The molecule has 2 saturated heterocycles. The predicted octanol–water partition coefficient (Wildman–Crippen LogP) is 1.81. The summed E-state index contributed by atoms with van der Waals surface area (Å²) < 4.78 is 0. The van der Waals surface area contributed by atoms with Crippen LogP contribution in [0, 0.1) is 11.8 Å². The summed E-state index contributed by atoms with van der Waals surface area (Å²) in [6, 6.07) is 7.50. The van der Waals surface area contributed by atoms with Crippen molar-refractivity contribution in [2.45, 2.75) is 18.9 Å². The van der Waals surface area contributed by atoms with Crippen LogP contribution in [-0.4, -0.2) is 42.7 Å². The lowest BCUT2D eigenvalue weighted by Gasteiger charge is -2.35. The highest BCUT2D eigenvalue weighted by Gasteiger charge is 2.29. The highest BCUT2D eigenvalue weighted by molar-refractivity contribution is 6.30. The summed E-state index contributed by atoms with van der Waals surface area (Å²) in [5.41, 5.74) is 7.40. The normalized spacial score (nSPS) is 23.5. The number of aliphatic hydroxyl groups is 1. The van der Waals surface area contributed by atoms with Gasteiger partial charge in [0.15, 0.2) is 0 Å². The number of halogens is 1. The third-order valence-electron chi connectivity index (χ3n) is 4.84. The standard InChI is InChI=1S/C16H24ClN3O/c17-15-3-1-13(2-4-15)16(21)11-20-7-5-12(6-8-20)14-9-18-19-10-14/h1-4,12,14,16,18-19,21H,5-11H2. The first-order valence-corrected chi connectivity index (χ1v) is 8.22. The molecular formula is C16H24ClN3O. The number of aliphatic hydroxyl groups excluding tert-OH is 1. The molecule has 2 fully saturated rings. The number of rotatable bonds is 4. The molecule has 5 heteroatoms. The molecule has 1 unspecified atom stereocenters. The van der Waals surface area contributed by atoms with Crippen LogP contribution in [-0.2, 0) is 0 Å². The maximum Gasteiger partial charge on any atom is 0.0916 e.